The number of H-pyrrole nitrogens is 1. The second kappa shape index (κ2) is 5.82. The first-order valence-corrected chi connectivity index (χ1v) is 8.64. The number of nitrogens with two attached hydrogens (primary N) is 1. The van der Waals surface area contributed by atoms with Gasteiger partial charge in [0, 0.05) is 18.0 Å². The maximum Gasteiger partial charge on any atom is 0.252 e. The first-order valence-electron chi connectivity index (χ1n) is 8.64. The molecular weight excluding hydrogens is 335 g/mol. The number of nitrogens with one attached hydrogen (secondary N) is 2. The number of alkyl halides is 1. The van der Waals surface area contributed by atoms with Gasteiger partial charge in [-0.1, -0.05) is 6.92 Å². The third-order valence-corrected chi connectivity index (χ3v) is 5.57. The molecular formula is C18H21FN6O. The highest BCUT2D eigenvalue weighted by atomic mass is 19.1. The highest BCUT2D eigenvalue weighted by Crippen LogP contribution is 2.41. The fraction of sp³-hybridized carbons (Fsp3) is 0.389. The normalized spacial score (nSPS) is 25.7. The maximum absolute atomic E-state index is 15.1. The fourth-order valence-corrected chi connectivity index (χ4v) is 3.67. The van der Waals surface area contributed by atoms with E-state index in [2.05, 4.69) is 20.6 Å². The van der Waals surface area contributed by atoms with Crippen molar-refractivity contribution in [3.05, 3.63) is 36.3 Å². The summed E-state index contributed by atoms with van der Waals surface area (Å²) in [5.74, 6) is -0.652. The number of primary amides is 1. The predicted octanol–water partition coefficient (Wildman–Crippen LogP) is 2.76. The van der Waals surface area contributed by atoms with Gasteiger partial charge in [-0.25, -0.2) is 8.91 Å². The molecule has 1 aliphatic carbocycles. The fourth-order valence-electron chi connectivity index (χ4n) is 3.67. The van der Waals surface area contributed by atoms with Crippen LogP contribution in [0.2, 0.25) is 0 Å². The number of rotatable bonds is 4. The minimum atomic E-state index is -1.37. The van der Waals surface area contributed by atoms with Crippen molar-refractivity contribution in [1.29, 1.82) is 0 Å². The van der Waals surface area contributed by atoms with Gasteiger partial charge in [0.1, 0.15) is 5.67 Å². The Morgan fingerprint density at radius 1 is 1.50 bits per heavy atom. The van der Waals surface area contributed by atoms with E-state index < -0.39 is 17.6 Å². The van der Waals surface area contributed by atoms with Crippen LogP contribution in [0, 0.1) is 5.92 Å². The second-order valence-electron chi connectivity index (χ2n) is 7.15. The smallest absolute Gasteiger partial charge is 0.252 e. The summed E-state index contributed by atoms with van der Waals surface area (Å²) in [6.07, 6.45) is 6.38. The third kappa shape index (κ3) is 2.53. The number of amides is 1. The van der Waals surface area contributed by atoms with Crippen LogP contribution in [0.1, 0.15) is 37.0 Å². The molecule has 4 N–H and O–H groups in total. The van der Waals surface area contributed by atoms with Crippen LogP contribution in [-0.4, -0.2) is 37.4 Å². The molecule has 0 radical (unpaired) electrons. The zero-order chi connectivity index (χ0) is 18.5. The lowest BCUT2D eigenvalue weighted by molar-refractivity contribution is 0.0999. The van der Waals surface area contributed by atoms with Crippen molar-refractivity contribution in [3.63, 3.8) is 0 Å². The van der Waals surface area contributed by atoms with E-state index in [1.54, 1.807) is 17.6 Å². The van der Waals surface area contributed by atoms with E-state index >= 15 is 4.39 Å². The van der Waals surface area contributed by atoms with Crippen molar-refractivity contribution in [2.75, 3.05) is 5.32 Å². The van der Waals surface area contributed by atoms with Crippen molar-refractivity contribution in [2.45, 2.75) is 38.4 Å². The summed E-state index contributed by atoms with van der Waals surface area (Å²) in [5.41, 5.74) is 7.29. The highest BCUT2D eigenvalue weighted by Gasteiger charge is 2.45. The molecule has 26 heavy (non-hydrogen) atoms. The standard InChI is InChI=1S/C18H21FN6O/c1-10-3-4-15(18(10,2)19)23-16-12(17(20)26)8-22-25-9-11(7-14(16)25)13-5-6-21-24-13/h5-10,15,23H,3-4H2,1-2H3,(H2,20,26)(H,21,24). The lowest BCUT2D eigenvalue weighted by atomic mass is 9.93. The van der Waals surface area contributed by atoms with Crippen LogP contribution in [0.25, 0.3) is 16.8 Å². The van der Waals surface area contributed by atoms with Gasteiger partial charge in [0.05, 0.1) is 34.7 Å². The number of hydrogen-bond donors (Lipinski definition) is 3. The molecule has 0 bridgehead atoms. The van der Waals surface area contributed by atoms with Gasteiger partial charge in [0.15, 0.2) is 0 Å². The summed E-state index contributed by atoms with van der Waals surface area (Å²) in [6, 6.07) is 3.32. The average molecular weight is 356 g/mol. The largest absolute Gasteiger partial charge is 0.377 e. The first kappa shape index (κ1) is 16.6. The minimum absolute atomic E-state index is 0.0535. The van der Waals surface area contributed by atoms with Gasteiger partial charge >= 0.3 is 0 Å². The first-order chi connectivity index (χ1) is 12.4. The number of halogens is 1. The third-order valence-electron chi connectivity index (χ3n) is 5.57. The summed E-state index contributed by atoms with van der Waals surface area (Å²) in [7, 11) is 0. The molecule has 8 heteroatoms. The molecule has 4 rings (SSSR count). The van der Waals surface area contributed by atoms with E-state index in [1.807, 2.05) is 25.3 Å². The molecule has 3 heterocycles. The molecule has 3 aromatic rings. The molecule has 3 aromatic heterocycles. The Morgan fingerprint density at radius 3 is 2.92 bits per heavy atom. The van der Waals surface area contributed by atoms with E-state index in [4.69, 9.17) is 5.73 Å². The molecule has 0 aromatic carbocycles. The van der Waals surface area contributed by atoms with Gasteiger partial charge in [0.25, 0.3) is 5.91 Å². The van der Waals surface area contributed by atoms with Gasteiger partial charge in [-0.2, -0.15) is 10.2 Å². The maximum atomic E-state index is 15.1. The van der Waals surface area contributed by atoms with Crippen LogP contribution >= 0.6 is 0 Å². The summed E-state index contributed by atoms with van der Waals surface area (Å²) >= 11 is 0. The molecule has 1 aliphatic rings. The van der Waals surface area contributed by atoms with Gasteiger partial charge < -0.3 is 11.1 Å². The summed E-state index contributed by atoms with van der Waals surface area (Å²) < 4.78 is 16.8. The lowest BCUT2D eigenvalue weighted by Crippen LogP contribution is -2.40. The zero-order valence-electron chi connectivity index (χ0n) is 14.7. The Morgan fingerprint density at radius 2 is 2.31 bits per heavy atom. The number of aromatic amines is 1. The van der Waals surface area contributed by atoms with Gasteiger partial charge in [-0.3, -0.25) is 9.89 Å². The average Bonchev–Trinajstić information content (AvgIpc) is 3.30. The Balaban J connectivity index is 1.83. The van der Waals surface area contributed by atoms with Crippen LogP contribution in [0.4, 0.5) is 10.1 Å². The number of anilines is 1. The molecule has 0 spiro atoms. The number of carbonyl (C=O) groups excluding carboxylic acids is 1. The Labute approximate surface area is 149 Å². The number of fused-ring (bicyclic) bond motifs is 1. The zero-order valence-corrected chi connectivity index (χ0v) is 14.7. The van der Waals surface area contributed by atoms with E-state index in [1.165, 1.54) is 6.20 Å². The molecule has 3 atom stereocenters. The van der Waals surface area contributed by atoms with Crippen LogP contribution in [0.5, 0.6) is 0 Å². The van der Waals surface area contributed by atoms with E-state index in [0.717, 1.165) is 17.7 Å². The Bertz CT molecular complexity index is 962. The van der Waals surface area contributed by atoms with Gasteiger partial charge in [-0.05, 0) is 37.8 Å². The molecule has 7 nitrogen and oxygen atoms in total. The minimum Gasteiger partial charge on any atom is -0.377 e. The van der Waals surface area contributed by atoms with Crippen LogP contribution in [0.15, 0.2) is 30.7 Å². The predicted molar refractivity (Wildman–Crippen MR) is 96.6 cm³/mol. The SMILES string of the molecule is CC1CCC(Nc2c(C(N)=O)cnn3cc(-c4ccn[nH]4)cc23)C1(C)F. The monoisotopic (exact) mass is 356 g/mol. The van der Waals surface area contributed by atoms with E-state index in [9.17, 15) is 4.79 Å². The lowest BCUT2D eigenvalue weighted by Gasteiger charge is -2.29. The summed E-state index contributed by atoms with van der Waals surface area (Å²) in [5, 5.41) is 14.4. The number of carbonyl (C=O) groups is 1. The molecule has 3 unspecified atom stereocenters. The molecule has 0 saturated heterocycles. The van der Waals surface area contributed by atoms with E-state index in [-0.39, 0.29) is 11.5 Å². The van der Waals surface area contributed by atoms with Crippen molar-refractivity contribution >= 4 is 17.1 Å². The van der Waals surface area contributed by atoms with Crippen molar-refractivity contribution < 1.29 is 9.18 Å². The van der Waals surface area contributed by atoms with Gasteiger partial charge in [-0.15, -0.1) is 0 Å². The molecule has 0 aliphatic heterocycles. The summed E-state index contributed by atoms with van der Waals surface area (Å²) in [4.78, 5) is 11.9. The van der Waals surface area contributed by atoms with Crippen molar-refractivity contribution in [3.8, 4) is 11.3 Å². The van der Waals surface area contributed by atoms with Gasteiger partial charge in [0.2, 0.25) is 0 Å². The van der Waals surface area contributed by atoms with Crippen LogP contribution in [-0.2, 0) is 0 Å². The van der Waals surface area contributed by atoms with Crippen LogP contribution < -0.4 is 11.1 Å². The Hall–Kier alpha value is -2.90. The summed E-state index contributed by atoms with van der Waals surface area (Å²) in [6.45, 7) is 3.52. The topological polar surface area (TPSA) is 101 Å². The van der Waals surface area contributed by atoms with Crippen molar-refractivity contribution in [2.24, 2.45) is 11.7 Å². The Kier molecular flexibility index (Phi) is 3.71. The van der Waals surface area contributed by atoms with Crippen molar-refractivity contribution in [1.82, 2.24) is 19.8 Å². The van der Waals surface area contributed by atoms with Crippen LogP contribution in [0.3, 0.4) is 0 Å². The molecule has 1 saturated carbocycles. The highest BCUT2D eigenvalue weighted by molar-refractivity contribution is 6.02. The number of aromatic nitrogens is 4. The number of nitrogens with zero attached hydrogens (tertiary/aromatic N) is 3. The molecule has 136 valence electrons. The number of hydrogen-bond acceptors (Lipinski definition) is 4. The second-order valence-corrected chi connectivity index (χ2v) is 7.15. The molecule has 1 amide bonds. The quantitative estimate of drug-likeness (QED) is 0.669. The van der Waals surface area contributed by atoms with E-state index in [0.29, 0.717) is 17.6 Å². The molecule has 1 fully saturated rings.